The van der Waals surface area contributed by atoms with Crippen LogP contribution in [0.2, 0.25) is 0 Å². The van der Waals surface area contributed by atoms with E-state index in [1.54, 1.807) is 6.07 Å². The lowest BCUT2D eigenvalue weighted by Gasteiger charge is -2.15. The molecular weight excluding hydrogens is 304 g/mol. The molecule has 1 aliphatic rings. The van der Waals surface area contributed by atoms with Crippen molar-refractivity contribution in [2.75, 3.05) is 13.1 Å². The summed E-state index contributed by atoms with van der Waals surface area (Å²) in [6.45, 7) is 0.749. The monoisotopic (exact) mass is 314 g/mol. The summed E-state index contributed by atoms with van der Waals surface area (Å²) in [4.78, 5) is 23.8. The third kappa shape index (κ3) is 2.68. The predicted molar refractivity (Wildman–Crippen MR) is 67.3 cm³/mol. The summed E-state index contributed by atoms with van der Waals surface area (Å²) in [5.74, 6) is -0.295. The lowest BCUT2D eigenvalue weighted by molar-refractivity contribution is -0.385. The summed E-state index contributed by atoms with van der Waals surface area (Å²) in [6, 6.07) is 4.13. The van der Waals surface area contributed by atoms with Crippen LogP contribution in [0, 0.1) is 10.1 Å². The van der Waals surface area contributed by atoms with Crippen molar-refractivity contribution < 1.29 is 14.8 Å². The lowest BCUT2D eigenvalue weighted by atomic mass is 10.2. The fraction of sp³-hybridized carbons (Fsp3) is 0.364. The van der Waals surface area contributed by atoms with Crippen molar-refractivity contribution in [2.24, 2.45) is 0 Å². The first-order valence-corrected chi connectivity index (χ1v) is 6.19. The second-order valence-corrected chi connectivity index (χ2v) is 5.06. The molecule has 0 bridgehead atoms. The van der Waals surface area contributed by atoms with Gasteiger partial charge in [-0.1, -0.05) is 15.9 Å². The van der Waals surface area contributed by atoms with Gasteiger partial charge in [-0.05, 0) is 12.5 Å². The van der Waals surface area contributed by atoms with Crippen molar-refractivity contribution >= 4 is 27.5 Å². The number of rotatable bonds is 2. The topological polar surface area (TPSA) is 83.7 Å². The number of benzene rings is 1. The highest BCUT2D eigenvalue weighted by Crippen LogP contribution is 2.23. The van der Waals surface area contributed by atoms with E-state index in [0.717, 1.165) is 0 Å². The van der Waals surface area contributed by atoms with E-state index in [1.165, 1.54) is 17.0 Å². The molecule has 1 fully saturated rings. The number of aliphatic hydroxyl groups excluding tert-OH is 1. The van der Waals surface area contributed by atoms with Gasteiger partial charge in [0.25, 0.3) is 11.6 Å². The summed E-state index contributed by atoms with van der Waals surface area (Å²) in [5.41, 5.74) is 0.123. The third-order valence-electron chi connectivity index (χ3n) is 2.79. The molecule has 0 radical (unpaired) electrons. The maximum Gasteiger partial charge on any atom is 0.271 e. The van der Waals surface area contributed by atoms with Crippen molar-refractivity contribution in [3.63, 3.8) is 0 Å². The average molecular weight is 315 g/mol. The van der Waals surface area contributed by atoms with Gasteiger partial charge in [0.05, 0.1) is 11.0 Å². The van der Waals surface area contributed by atoms with Gasteiger partial charge in [0.1, 0.15) is 0 Å². The van der Waals surface area contributed by atoms with Crippen LogP contribution in [0.25, 0.3) is 0 Å². The first kappa shape index (κ1) is 13.0. The Morgan fingerprint density at radius 3 is 2.78 bits per heavy atom. The smallest absolute Gasteiger partial charge is 0.271 e. The Morgan fingerprint density at radius 2 is 2.22 bits per heavy atom. The Hall–Kier alpha value is -1.47. The van der Waals surface area contributed by atoms with E-state index in [9.17, 15) is 20.0 Å². The van der Waals surface area contributed by atoms with Gasteiger partial charge in [0.2, 0.25) is 0 Å². The van der Waals surface area contributed by atoms with Gasteiger partial charge in [0, 0.05) is 35.3 Å². The van der Waals surface area contributed by atoms with Gasteiger partial charge in [-0.2, -0.15) is 0 Å². The Morgan fingerprint density at radius 1 is 1.50 bits per heavy atom. The molecular formula is C11H11BrN2O4. The van der Waals surface area contributed by atoms with Crippen LogP contribution < -0.4 is 0 Å². The quantitative estimate of drug-likeness (QED) is 0.663. The number of hydrogen-bond donors (Lipinski definition) is 1. The fourth-order valence-corrected chi connectivity index (χ4v) is 2.39. The number of aliphatic hydroxyl groups is 1. The van der Waals surface area contributed by atoms with Crippen LogP contribution >= 0.6 is 15.9 Å². The molecule has 7 heteroatoms. The highest BCUT2D eigenvalue weighted by atomic mass is 79.9. The molecule has 6 nitrogen and oxygen atoms in total. The number of amides is 1. The number of nitro groups is 1. The number of carbonyl (C=O) groups excluding carboxylic acids is 1. The van der Waals surface area contributed by atoms with Crippen molar-refractivity contribution in [3.05, 3.63) is 38.3 Å². The van der Waals surface area contributed by atoms with Crippen LogP contribution in [0.1, 0.15) is 16.8 Å². The minimum atomic E-state index is -0.541. The van der Waals surface area contributed by atoms with Crippen molar-refractivity contribution in [1.82, 2.24) is 4.90 Å². The minimum Gasteiger partial charge on any atom is -0.391 e. The van der Waals surface area contributed by atoms with Crippen LogP contribution in [0.5, 0.6) is 0 Å². The first-order chi connectivity index (χ1) is 8.47. The molecule has 1 heterocycles. The maximum atomic E-state index is 12.1. The molecule has 18 heavy (non-hydrogen) atoms. The number of non-ortho nitro benzene ring substituents is 1. The summed E-state index contributed by atoms with van der Waals surface area (Å²) >= 11 is 3.15. The van der Waals surface area contributed by atoms with E-state index in [4.69, 9.17) is 0 Å². The zero-order valence-electron chi connectivity index (χ0n) is 9.38. The van der Waals surface area contributed by atoms with Crippen LogP contribution in [-0.4, -0.2) is 40.0 Å². The summed E-state index contributed by atoms with van der Waals surface area (Å²) in [7, 11) is 0. The highest BCUT2D eigenvalue weighted by Gasteiger charge is 2.26. The Kier molecular flexibility index (Phi) is 3.63. The summed E-state index contributed by atoms with van der Waals surface area (Å²) in [6.07, 6.45) is 0.0399. The van der Waals surface area contributed by atoms with Crippen molar-refractivity contribution in [3.8, 4) is 0 Å². The number of carbonyl (C=O) groups is 1. The van der Waals surface area contributed by atoms with E-state index >= 15 is 0 Å². The molecule has 2 rings (SSSR count). The van der Waals surface area contributed by atoms with Crippen LogP contribution in [0.15, 0.2) is 22.7 Å². The molecule has 96 valence electrons. The van der Waals surface area contributed by atoms with Gasteiger partial charge in [-0.25, -0.2) is 0 Å². The molecule has 0 aliphatic carbocycles. The highest BCUT2D eigenvalue weighted by molar-refractivity contribution is 9.10. The van der Waals surface area contributed by atoms with E-state index in [1.807, 2.05) is 0 Å². The van der Waals surface area contributed by atoms with E-state index in [-0.39, 0.29) is 23.7 Å². The number of halogens is 1. The van der Waals surface area contributed by atoms with Crippen molar-refractivity contribution in [1.29, 1.82) is 0 Å². The molecule has 1 saturated heterocycles. The molecule has 1 amide bonds. The number of β-amino-alcohol motifs (C(OH)–C–C–N with tert-alkyl or cyclic N) is 1. The fourth-order valence-electron chi connectivity index (χ4n) is 1.91. The Balaban J connectivity index is 2.27. The largest absolute Gasteiger partial charge is 0.391 e. The minimum absolute atomic E-state index is 0.132. The number of nitro benzene ring substituents is 1. The average Bonchev–Trinajstić information content (AvgIpc) is 2.74. The molecule has 0 saturated carbocycles. The molecule has 1 N–H and O–H groups in total. The van der Waals surface area contributed by atoms with Crippen LogP contribution in [0.3, 0.4) is 0 Å². The van der Waals surface area contributed by atoms with Crippen molar-refractivity contribution in [2.45, 2.75) is 12.5 Å². The molecule has 0 aromatic heterocycles. The molecule has 1 atom stereocenters. The summed E-state index contributed by atoms with van der Waals surface area (Å²) in [5, 5.41) is 20.1. The molecule has 0 unspecified atom stereocenters. The number of nitrogens with zero attached hydrogens (tertiary/aromatic N) is 2. The van der Waals surface area contributed by atoms with E-state index < -0.39 is 11.0 Å². The van der Waals surface area contributed by atoms with Gasteiger partial charge < -0.3 is 10.0 Å². The number of likely N-dealkylation sites (tertiary alicyclic amines) is 1. The van der Waals surface area contributed by atoms with Gasteiger partial charge >= 0.3 is 0 Å². The zero-order chi connectivity index (χ0) is 13.3. The number of hydrogen-bond acceptors (Lipinski definition) is 4. The first-order valence-electron chi connectivity index (χ1n) is 5.39. The Bertz CT molecular complexity index is 506. The third-order valence-corrected chi connectivity index (χ3v) is 3.25. The van der Waals surface area contributed by atoms with Gasteiger partial charge in [0.15, 0.2) is 0 Å². The van der Waals surface area contributed by atoms with Crippen LogP contribution in [-0.2, 0) is 0 Å². The van der Waals surface area contributed by atoms with E-state index in [2.05, 4.69) is 15.9 Å². The predicted octanol–water partition coefficient (Wildman–Crippen LogP) is 1.56. The molecule has 1 aliphatic heterocycles. The summed E-state index contributed by atoms with van der Waals surface area (Å²) < 4.78 is 0.486. The Labute approximate surface area is 111 Å². The second-order valence-electron chi connectivity index (χ2n) is 4.15. The molecule has 1 aromatic carbocycles. The van der Waals surface area contributed by atoms with Crippen LogP contribution in [0.4, 0.5) is 5.69 Å². The van der Waals surface area contributed by atoms with Gasteiger partial charge in [-0.3, -0.25) is 14.9 Å². The van der Waals surface area contributed by atoms with E-state index in [0.29, 0.717) is 17.4 Å². The standard InChI is InChI=1S/C11H11BrN2O4/c12-8-3-7(4-9(5-8)14(17)18)11(16)13-2-1-10(15)6-13/h3-5,10,15H,1-2,6H2/t10-/m0/s1. The zero-order valence-corrected chi connectivity index (χ0v) is 11.0. The van der Waals surface area contributed by atoms with Gasteiger partial charge in [-0.15, -0.1) is 0 Å². The second kappa shape index (κ2) is 5.03. The SMILES string of the molecule is O=C(c1cc(Br)cc([N+](=O)[O-])c1)N1CC[C@H](O)C1. The molecule has 1 aromatic rings. The normalized spacial score (nSPS) is 19.0. The lowest BCUT2D eigenvalue weighted by Crippen LogP contribution is -2.29. The molecule has 0 spiro atoms. The maximum absolute atomic E-state index is 12.1.